The summed E-state index contributed by atoms with van der Waals surface area (Å²) < 4.78 is 0. The van der Waals surface area contributed by atoms with Crippen LogP contribution in [-0.2, 0) is 4.79 Å². The predicted molar refractivity (Wildman–Crippen MR) is 91.5 cm³/mol. The molecule has 0 aromatic heterocycles. The SMILES string of the molecule is O=C(Nc1ccccc1)C1CCN(c2cccc(Cl)c2)CC1. The molecular formula is C18H19ClN2O. The number of amides is 1. The lowest BCUT2D eigenvalue weighted by Gasteiger charge is -2.33. The molecule has 1 aliphatic rings. The third-order valence-corrected chi connectivity index (χ3v) is 4.32. The molecule has 0 spiro atoms. The Labute approximate surface area is 135 Å². The van der Waals surface area contributed by atoms with Gasteiger partial charge in [-0.05, 0) is 43.2 Å². The van der Waals surface area contributed by atoms with Crippen molar-refractivity contribution in [2.75, 3.05) is 23.3 Å². The minimum absolute atomic E-state index is 0.0793. The monoisotopic (exact) mass is 314 g/mol. The average molecular weight is 315 g/mol. The maximum atomic E-state index is 12.3. The van der Waals surface area contributed by atoms with E-state index >= 15 is 0 Å². The number of hydrogen-bond acceptors (Lipinski definition) is 2. The van der Waals surface area contributed by atoms with Crippen molar-refractivity contribution in [2.45, 2.75) is 12.8 Å². The van der Waals surface area contributed by atoms with Gasteiger partial charge in [0.25, 0.3) is 0 Å². The van der Waals surface area contributed by atoms with Crippen molar-refractivity contribution in [2.24, 2.45) is 5.92 Å². The first kappa shape index (κ1) is 14.9. The fraction of sp³-hybridized carbons (Fsp3) is 0.278. The Hall–Kier alpha value is -2.00. The lowest BCUT2D eigenvalue weighted by molar-refractivity contribution is -0.120. The van der Waals surface area contributed by atoms with Gasteiger partial charge in [0.15, 0.2) is 0 Å². The lowest BCUT2D eigenvalue weighted by atomic mass is 9.95. The van der Waals surface area contributed by atoms with E-state index in [1.165, 1.54) is 0 Å². The largest absolute Gasteiger partial charge is 0.371 e. The molecule has 4 heteroatoms. The summed E-state index contributed by atoms with van der Waals surface area (Å²) in [6, 6.07) is 17.5. The van der Waals surface area contributed by atoms with Gasteiger partial charge in [0.2, 0.25) is 5.91 Å². The number of carbonyl (C=O) groups excluding carboxylic acids is 1. The smallest absolute Gasteiger partial charge is 0.227 e. The summed E-state index contributed by atoms with van der Waals surface area (Å²) in [5.74, 6) is 0.201. The van der Waals surface area contributed by atoms with Crippen LogP contribution in [0.2, 0.25) is 5.02 Å². The van der Waals surface area contributed by atoms with Crippen LogP contribution in [0.5, 0.6) is 0 Å². The second-order valence-electron chi connectivity index (χ2n) is 5.60. The summed E-state index contributed by atoms with van der Waals surface area (Å²) in [5, 5.41) is 3.75. The molecule has 0 saturated carbocycles. The van der Waals surface area contributed by atoms with Gasteiger partial charge in [0, 0.05) is 35.4 Å². The highest BCUT2D eigenvalue weighted by atomic mass is 35.5. The molecule has 1 amide bonds. The van der Waals surface area contributed by atoms with Gasteiger partial charge >= 0.3 is 0 Å². The van der Waals surface area contributed by atoms with Gasteiger partial charge in [-0.3, -0.25) is 4.79 Å². The standard InChI is InChI=1S/C18H19ClN2O/c19-15-5-4-8-17(13-15)21-11-9-14(10-12-21)18(22)20-16-6-2-1-3-7-16/h1-8,13-14H,9-12H2,(H,20,22). The topological polar surface area (TPSA) is 32.3 Å². The number of nitrogens with one attached hydrogen (secondary N) is 1. The second-order valence-corrected chi connectivity index (χ2v) is 6.03. The minimum atomic E-state index is 0.0793. The van der Waals surface area contributed by atoms with Crippen molar-refractivity contribution in [3.05, 3.63) is 59.6 Å². The average Bonchev–Trinajstić information content (AvgIpc) is 2.56. The van der Waals surface area contributed by atoms with Gasteiger partial charge in [-0.1, -0.05) is 35.9 Å². The highest BCUT2D eigenvalue weighted by molar-refractivity contribution is 6.30. The minimum Gasteiger partial charge on any atom is -0.371 e. The summed E-state index contributed by atoms with van der Waals surface area (Å²) in [6.45, 7) is 1.76. The molecule has 1 fully saturated rings. The van der Waals surface area contributed by atoms with E-state index in [1.807, 2.05) is 48.5 Å². The lowest BCUT2D eigenvalue weighted by Crippen LogP contribution is -2.38. The second kappa shape index (κ2) is 6.84. The van der Waals surface area contributed by atoms with Crippen molar-refractivity contribution in [3.63, 3.8) is 0 Å². The molecule has 114 valence electrons. The quantitative estimate of drug-likeness (QED) is 0.921. The molecule has 3 nitrogen and oxygen atoms in total. The van der Waals surface area contributed by atoms with Gasteiger partial charge in [-0.15, -0.1) is 0 Å². The summed E-state index contributed by atoms with van der Waals surface area (Å²) in [5.41, 5.74) is 2.00. The Bertz CT molecular complexity index is 637. The molecule has 2 aromatic rings. The van der Waals surface area contributed by atoms with Crippen LogP contribution in [0.4, 0.5) is 11.4 Å². The molecule has 0 atom stereocenters. The zero-order valence-corrected chi connectivity index (χ0v) is 13.1. The zero-order chi connectivity index (χ0) is 15.4. The maximum absolute atomic E-state index is 12.3. The van der Waals surface area contributed by atoms with Crippen molar-refractivity contribution >= 4 is 28.9 Å². The van der Waals surface area contributed by atoms with Crippen LogP contribution >= 0.6 is 11.6 Å². The molecule has 0 bridgehead atoms. The fourth-order valence-corrected chi connectivity index (χ4v) is 3.02. The number of halogens is 1. The Morgan fingerprint density at radius 3 is 2.45 bits per heavy atom. The molecule has 1 saturated heterocycles. The van der Waals surface area contributed by atoms with Crippen LogP contribution in [0, 0.1) is 5.92 Å². The highest BCUT2D eigenvalue weighted by Crippen LogP contribution is 2.26. The molecule has 1 N–H and O–H groups in total. The summed E-state index contributed by atoms with van der Waals surface area (Å²) in [4.78, 5) is 14.6. The number of anilines is 2. The third kappa shape index (κ3) is 3.60. The third-order valence-electron chi connectivity index (χ3n) is 4.08. The van der Waals surface area contributed by atoms with E-state index < -0.39 is 0 Å². The summed E-state index contributed by atoms with van der Waals surface area (Å²) in [6.07, 6.45) is 1.73. The Morgan fingerprint density at radius 2 is 1.77 bits per heavy atom. The van der Waals surface area contributed by atoms with Crippen LogP contribution in [0.25, 0.3) is 0 Å². The highest BCUT2D eigenvalue weighted by Gasteiger charge is 2.25. The maximum Gasteiger partial charge on any atom is 0.227 e. The Balaban J connectivity index is 1.56. The Morgan fingerprint density at radius 1 is 1.05 bits per heavy atom. The van der Waals surface area contributed by atoms with Crippen molar-refractivity contribution < 1.29 is 4.79 Å². The van der Waals surface area contributed by atoms with E-state index in [-0.39, 0.29) is 11.8 Å². The number of rotatable bonds is 3. The molecular weight excluding hydrogens is 296 g/mol. The normalized spacial score (nSPS) is 15.6. The van der Waals surface area contributed by atoms with Crippen LogP contribution in [0.3, 0.4) is 0 Å². The number of para-hydroxylation sites is 1. The first-order valence-electron chi connectivity index (χ1n) is 7.59. The Kier molecular flexibility index (Phi) is 4.64. The molecule has 0 unspecified atom stereocenters. The zero-order valence-electron chi connectivity index (χ0n) is 12.3. The van der Waals surface area contributed by atoms with E-state index in [9.17, 15) is 4.79 Å². The van der Waals surface area contributed by atoms with E-state index in [0.29, 0.717) is 0 Å². The predicted octanol–water partition coefficient (Wildman–Crippen LogP) is 4.20. The number of benzene rings is 2. The van der Waals surface area contributed by atoms with Crippen molar-refractivity contribution in [1.82, 2.24) is 0 Å². The van der Waals surface area contributed by atoms with E-state index in [2.05, 4.69) is 16.3 Å². The first-order chi connectivity index (χ1) is 10.7. The van der Waals surface area contributed by atoms with Gasteiger partial charge in [0.05, 0.1) is 0 Å². The van der Waals surface area contributed by atoms with Crippen molar-refractivity contribution in [3.8, 4) is 0 Å². The first-order valence-corrected chi connectivity index (χ1v) is 7.96. The van der Waals surface area contributed by atoms with Gasteiger partial charge in [-0.25, -0.2) is 0 Å². The van der Waals surface area contributed by atoms with Crippen LogP contribution in [0.1, 0.15) is 12.8 Å². The van der Waals surface area contributed by atoms with Crippen molar-refractivity contribution in [1.29, 1.82) is 0 Å². The van der Waals surface area contributed by atoms with Gasteiger partial charge < -0.3 is 10.2 Å². The van der Waals surface area contributed by atoms with E-state index in [0.717, 1.165) is 42.3 Å². The molecule has 1 heterocycles. The number of piperidine rings is 1. The molecule has 0 radical (unpaired) electrons. The van der Waals surface area contributed by atoms with Crippen LogP contribution in [-0.4, -0.2) is 19.0 Å². The van der Waals surface area contributed by atoms with E-state index in [1.54, 1.807) is 0 Å². The number of carbonyl (C=O) groups is 1. The fourth-order valence-electron chi connectivity index (χ4n) is 2.84. The molecule has 22 heavy (non-hydrogen) atoms. The molecule has 1 aliphatic heterocycles. The van der Waals surface area contributed by atoms with Gasteiger partial charge in [0.1, 0.15) is 0 Å². The van der Waals surface area contributed by atoms with E-state index in [4.69, 9.17) is 11.6 Å². The molecule has 3 rings (SSSR count). The van der Waals surface area contributed by atoms with Crippen LogP contribution < -0.4 is 10.2 Å². The summed E-state index contributed by atoms with van der Waals surface area (Å²) in [7, 11) is 0. The van der Waals surface area contributed by atoms with Gasteiger partial charge in [-0.2, -0.15) is 0 Å². The number of nitrogens with zero attached hydrogens (tertiary/aromatic N) is 1. The summed E-state index contributed by atoms with van der Waals surface area (Å²) >= 11 is 6.04. The van der Waals surface area contributed by atoms with Crippen LogP contribution in [0.15, 0.2) is 54.6 Å². The molecule has 2 aromatic carbocycles. The molecule has 0 aliphatic carbocycles. The number of hydrogen-bond donors (Lipinski definition) is 1.